The van der Waals surface area contributed by atoms with E-state index in [-0.39, 0.29) is 6.04 Å². The molecule has 0 spiro atoms. The van der Waals surface area contributed by atoms with Crippen LogP contribution < -0.4 is 16.0 Å². The molecule has 1 aliphatic rings. The molecule has 3 N–H and O–H groups in total. The summed E-state index contributed by atoms with van der Waals surface area (Å²) >= 11 is 0. The van der Waals surface area contributed by atoms with Gasteiger partial charge in [0.15, 0.2) is 0 Å². The molecule has 1 heterocycles. The Labute approximate surface area is 108 Å². The molecule has 1 fully saturated rings. The van der Waals surface area contributed by atoms with Crippen LogP contribution in [0.3, 0.4) is 0 Å². The zero-order valence-electron chi connectivity index (χ0n) is 10.7. The third-order valence-corrected chi connectivity index (χ3v) is 3.29. The number of rotatable bonds is 7. The Kier molecular flexibility index (Phi) is 5.45. The van der Waals surface area contributed by atoms with Gasteiger partial charge in [-0.2, -0.15) is 0 Å². The van der Waals surface area contributed by atoms with E-state index in [2.05, 4.69) is 5.43 Å². The fourth-order valence-electron chi connectivity index (χ4n) is 2.19. The molecule has 1 aromatic rings. The minimum atomic E-state index is 0.175. The quantitative estimate of drug-likeness (QED) is 0.573. The third-order valence-electron chi connectivity index (χ3n) is 3.29. The van der Waals surface area contributed by atoms with Crippen LogP contribution in [0.4, 0.5) is 0 Å². The second-order valence-corrected chi connectivity index (χ2v) is 4.70. The highest BCUT2D eigenvalue weighted by atomic mass is 16.5. The van der Waals surface area contributed by atoms with Crippen LogP contribution in [-0.2, 0) is 4.74 Å². The number of hydrogen-bond donors (Lipinski definition) is 2. The molecule has 0 radical (unpaired) electrons. The van der Waals surface area contributed by atoms with Crippen molar-refractivity contribution < 1.29 is 9.47 Å². The molecule has 0 aliphatic carbocycles. The summed E-state index contributed by atoms with van der Waals surface area (Å²) in [6, 6.07) is 9.98. The predicted octanol–water partition coefficient (Wildman–Crippen LogP) is 1.86. The molecule has 0 saturated carbocycles. The first-order chi connectivity index (χ1) is 8.88. The van der Waals surface area contributed by atoms with E-state index in [1.165, 1.54) is 12.8 Å². The lowest BCUT2D eigenvalue weighted by molar-refractivity contribution is 0.0971. The van der Waals surface area contributed by atoms with Gasteiger partial charge in [-0.1, -0.05) is 18.2 Å². The zero-order valence-corrected chi connectivity index (χ0v) is 10.7. The SMILES string of the molecule is NNC(CCC1CCCO1)COc1ccccc1. The molecular weight excluding hydrogens is 228 g/mol. The van der Waals surface area contributed by atoms with Crippen LogP contribution in [0.5, 0.6) is 5.75 Å². The maximum Gasteiger partial charge on any atom is 0.119 e. The average molecular weight is 250 g/mol. The Morgan fingerprint density at radius 1 is 1.39 bits per heavy atom. The first-order valence-corrected chi connectivity index (χ1v) is 6.64. The lowest BCUT2D eigenvalue weighted by atomic mass is 10.1. The lowest BCUT2D eigenvalue weighted by Gasteiger charge is -2.18. The highest BCUT2D eigenvalue weighted by Gasteiger charge is 2.17. The number of hydrogen-bond acceptors (Lipinski definition) is 4. The number of nitrogens with two attached hydrogens (primary N) is 1. The van der Waals surface area contributed by atoms with Gasteiger partial charge in [-0.25, -0.2) is 0 Å². The van der Waals surface area contributed by atoms with E-state index in [0.717, 1.165) is 25.2 Å². The average Bonchev–Trinajstić information content (AvgIpc) is 2.93. The van der Waals surface area contributed by atoms with Crippen LogP contribution in [0.15, 0.2) is 30.3 Å². The van der Waals surface area contributed by atoms with Crippen LogP contribution in [0.25, 0.3) is 0 Å². The smallest absolute Gasteiger partial charge is 0.119 e. The van der Waals surface area contributed by atoms with Crippen LogP contribution >= 0.6 is 0 Å². The standard InChI is InChI=1S/C14H22N2O2/c15-16-12(8-9-14-7-4-10-17-14)11-18-13-5-2-1-3-6-13/h1-3,5-6,12,14,16H,4,7-11,15H2. The predicted molar refractivity (Wildman–Crippen MR) is 71.3 cm³/mol. The molecule has 1 aliphatic heterocycles. The van der Waals surface area contributed by atoms with E-state index >= 15 is 0 Å². The van der Waals surface area contributed by atoms with E-state index in [0.29, 0.717) is 12.7 Å². The van der Waals surface area contributed by atoms with Crippen molar-refractivity contribution in [1.82, 2.24) is 5.43 Å². The number of benzene rings is 1. The van der Waals surface area contributed by atoms with Crippen LogP contribution in [0, 0.1) is 0 Å². The van der Waals surface area contributed by atoms with E-state index < -0.39 is 0 Å². The van der Waals surface area contributed by atoms with E-state index in [4.69, 9.17) is 15.3 Å². The number of hydrazine groups is 1. The van der Waals surface area contributed by atoms with Crippen molar-refractivity contribution in [3.8, 4) is 5.75 Å². The van der Waals surface area contributed by atoms with Crippen LogP contribution in [-0.4, -0.2) is 25.4 Å². The molecule has 0 amide bonds. The first kappa shape index (κ1) is 13.3. The number of nitrogens with one attached hydrogen (secondary N) is 1. The topological polar surface area (TPSA) is 56.5 Å². The largest absolute Gasteiger partial charge is 0.492 e. The molecule has 4 heteroatoms. The van der Waals surface area contributed by atoms with Crippen molar-refractivity contribution in [2.24, 2.45) is 5.84 Å². The Bertz CT molecular complexity index is 326. The summed E-state index contributed by atoms with van der Waals surface area (Å²) in [6.45, 7) is 1.50. The second kappa shape index (κ2) is 7.36. The fourth-order valence-corrected chi connectivity index (χ4v) is 2.19. The summed E-state index contributed by atoms with van der Waals surface area (Å²) < 4.78 is 11.3. The Hall–Kier alpha value is -1.10. The van der Waals surface area contributed by atoms with Gasteiger partial charge in [0, 0.05) is 6.61 Å². The third kappa shape index (κ3) is 4.29. The summed E-state index contributed by atoms with van der Waals surface area (Å²) in [5.74, 6) is 6.43. The Morgan fingerprint density at radius 2 is 2.22 bits per heavy atom. The monoisotopic (exact) mass is 250 g/mol. The van der Waals surface area contributed by atoms with Crippen molar-refractivity contribution in [3.63, 3.8) is 0 Å². The van der Waals surface area contributed by atoms with Gasteiger partial charge < -0.3 is 9.47 Å². The number of ether oxygens (including phenoxy) is 2. The lowest BCUT2D eigenvalue weighted by Crippen LogP contribution is -2.40. The summed E-state index contributed by atoms with van der Waals surface area (Å²) in [7, 11) is 0. The van der Waals surface area contributed by atoms with E-state index in [9.17, 15) is 0 Å². The minimum absolute atomic E-state index is 0.175. The van der Waals surface area contributed by atoms with Gasteiger partial charge in [-0.15, -0.1) is 0 Å². The minimum Gasteiger partial charge on any atom is -0.492 e. The van der Waals surface area contributed by atoms with E-state index in [1.807, 2.05) is 30.3 Å². The molecule has 100 valence electrons. The molecule has 2 unspecified atom stereocenters. The second-order valence-electron chi connectivity index (χ2n) is 4.70. The van der Waals surface area contributed by atoms with Gasteiger partial charge >= 0.3 is 0 Å². The van der Waals surface area contributed by atoms with Crippen molar-refractivity contribution in [2.75, 3.05) is 13.2 Å². The van der Waals surface area contributed by atoms with Crippen LogP contribution in [0.1, 0.15) is 25.7 Å². The van der Waals surface area contributed by atoms with Gasteiger partial charge in [0.1, 0.15) is 12.4 Å². The molecule has 2 atom stereocenters. The Balaban J connectivity index is 1.68. The Morgan fingerprint density at radius 3 is 2.89 bits per heavy atom. The number of para-hydroxylation sites is 1. The van der Waals surface area contributed by atoms with Crippen molar-refractivity contribution in [1.29, 1.82) is 0 Å². The summed E-state index contributed by atoms with van der Waals surface area (Å²) in [5, 5.41) is 0. The van der Waals surface area contributed by atoms with Gasteiger partial charge in [0.2, 0.25) is 0 Å². The molecule has 0 bridgehead atoms. The highest BCUT2D eigenvalue weighted by Crippen LogP contribution is 2.18. The fraction of sp³-hybridized carbons (Fsp3) is 0.571. The van der Waals surface area contributed by atoms with E-state index in [1.54, 1.807) is 0 Å². The molecule has 1 aromatic carbocycles. The molecule has 18 heavy (non-hydrogen) atoms. The maximum atomic E-state index is 5.69. The molecule has 2 rings (SSSR count). The zero-order chi connectivity index (χ0) is 12.6. The highest BCUT2D eigenvalue weighted by molar-refractivity contribution is 5.20. The summed E-state index contributed by atoms with van der Waals surface area (Å²) in [5.41, 5.74) is 2.82. The maximum absolute atomic E-state index is 5.69. The summed E-state index contributed by atoms with van der Waals surface area (Å²) in [4.78, 5) is 0. The first-order valence-electron chi connectivity index (χ1n) is 6.64. The van der Waals surface area contributed by atoms with Crippen molar-refractivity contribution in [3.05, 3.63) is 30.3 Å². The van der Waals surface area contributed by atoms with Crippen molar-refractivity contribution in [2.45, 2.75) is 37.8 Å². The van der Waals surface area contributed by atoms with Crippen LogP contribution in [0.2, 0.25) is 0 Å². The van der Waals surface area contributed by atoms with Gasteiger partial charge in [-0.05, 0) is 37.8 Å². The molecule has 1 saturated heterocycles. The molecule has 0 aromatic heterocycles. The van der Waals surface area contributed by atoms with Gasteiger partial charge in [-0.3, -0.25) is 11.3 Å². The summed E-state index contributed by atoms with van der Waals surface area (Å²) in [6.07, 6.45) is 4.81. The molecule has 4 nitrogen and oxygen atoms in total. The van der Waals surface area contributed by atoms with Gasteiger partial charge in [0.05, 0.1) is 12.1 Å². The van der Waals surface area contributed by atoms with Crippen molar-refractivity contribution >= 4 is 0 Å². The molecular formula is C14H22N2O2. The normalized spacial score (nSPS) is 20.8. The van der Waals surface area contributed by atoms with Gasteiger partial charge in [0.25, 0.3) is 0 Å².